The van der Waals surface area contributed by atoms with Gasteiger partial charge in [0.1, 0.15) is 5.54 Å². The van der Waals surface area contributed by atoms with Gasteiger partial charge in [-0.05, 0) is 31.8 Å². The third-order valence-electron chi connectivity index (χ3n) is 3.74. The Morgan fingerprint density at radius 2 is 2.00 bits per heavy atom. The maximum atomic E-state index is 12.2. The summed E-state index contributed by atoms with van der Waals surface area (Å²) in [4.78, 5) is 13.2. The van der Waals surface area contributed by atoms with Crippen molar-refractivity contribution >= 4 is 5.97 Å². The molecule has 0 amide bonds. The van der Waals surface area contributed by atoms with Crippen LogP contribution in [0.4, 0.5) is 13.2 Å². The molecule has 3 heterocycles. The van der Waals surface area contributed by atoms with Crippen molar-refractivity contribution in [3.8, 4) is 0 Å². The van der Waals surface area contributed by atoms with E-state index in [0.29, 0.717) is 12.8 Å². The average molecular weight is 252 g/mol. The van der Waals surface area contributed by atoms with Crippen molar-refractivity contribution in [3.05, 3.63) is 0 Å². The maximum absolute atomic E-state index is 12.2. The standard InChI is InChI=1S/C10H15F3N2O2/c11-10(12,13)5-14-9(8(16)17)6-15-3-1-7(9)2-4-15/h7,14H,1-6H2,(H,16,17). The number of aliphatic carboxylic acids is 1. The van der Waals surface area contributed by atoms with Gasteiger partial charge in [0, 0.05) is 6.54 Å². The van der Waals surface area contributed by atoms with Crippen LogP contribution in [0, 0.1) is 5.92 Å². The minimum atomic E-state index is -4.38. The summed E-state index contributed by atoms with van der Waals surface area (Å²) in [7, 11) is 0. The molecule has 0 aliphatic carbocycles. The van der Waals surface area contributed by atoms with Gasteiger partial charge in [0.25, 0.3) is 0 Å². The first kappa shape index (κ1) is 12.6. The van der Waals surface area contributed by atoms with Crippen LogP contribution in [0.25, 0.3) is 0 Å². The van der Waals surface area contributed by atoms with Crippen LogP contribution in [-0.4, -0.2) is 53.9 Å². The van der Waals surface area contributed by atoms with Crippen LogP contribution in [0.5, 0.6) is 0 Å². The van der Waals surface area contributed by atoms with Crippen molar-refractivity contribution in [3.63, 3.8) is 0 Å². The van der Waals surface area contributed by atoms with Crippen molar-refractivity contribution in [2.24, 2.45) is 5.92 Å². The molecule has 17 heavy (non-hydrogen) atoms. The summed E-state index contributed by atoms with van der Waals surface area (Å²) in [5, 5.41) is 11.5. The zero-order chi connectivity index (χ0) is 12.7. The minimum absolute atomic E-state index is 0.170. The van der Waals surface area contributed by atoms with Gasteiger partial charge in [-0.1, -0.05) is 0 Å². The minimum Gasteiger partial charge on any atom is -0.480 e. The number of carboxylic acid groups (broad SMARTS) is 1. The largest absolute Gasteiger partial charge is 0.480 e. The Morgan fingerprint density at radius 1 is 1.41 bits per heavy atom. The summed E-state index contributed by atoms with van der Waals surface area (Å²) in [5.74, 6) is -1.37. The third-order valence-corrected chi connectivity index (χ3v) is 3.74. The number of carbonyl (C=O) groups is 1. The second-order valence-corrected chi connectivity index (χ2v) is 4.80. The van der Waals surface area contributed by atoms with Gasteiger partial charge >= 0.3 is 12.1 Å². The van der Waals surface area contributed by atoms with E-state index in [9.17, 15) is 23.1 Å². The molecule has 3 aliphatic heterocycles. The third kappa shape index (κ3) is 2.40. The Kier molecular flexibility index (Phi) is 3.07. The first-order valence-electron chi connectivity index (χ1n) is 5.61. The van der Waals surface area contributed by atoms with E-state index in [0.717, 1.165) is 13.1 Å². The molecule has 2 N–H and O–H groups in total. The molecular weight excluding hydrogens is 237 g/mol. The Bertz CT molecular complexity index is 313. The fourth-order valence-electron chi connectivity index (χ4n) is 2.84. The number of alkyl halides is 3. The van der Waals surface area contributed by atoms with Gasteiger partial charge < -0.3 is 10.0 Å². The molecule has 0 aromatic heterocycles. The second-order valence-electron chi connectivity index (χ2n) is 4.80. The topological polar surface area (TPSA) is 52.6 Å². The van der Waals surface area contributed by atoms with Crippen LogP contribution in [0.3, 0.4) is 0 Å². The summed E-state index contributed by atoms with van der Waals surface area (Å²) < 4.78 is 36.7. The monoisotopic (exact) mass is 252 g/mol. The number of carboxylic acids is 1. The number of nitrogens with one attached hydrogen (secondary N) is 1. The highest BCUT2D eigenvalue weighted by Crippen LogP contribution is 2.36. The molecule has 0 aromatic carbocycles. The van der Waals surface area contributed by atoms with E-state index < -0.39 is 24.2 Å². The fraction of sp³-hybridized carbons (Fsp3) is 0.900. The van der Waals surface area contributed by atoms with Crippen molar-refractivity contribution in [1.82, 2.24) is 10.2 Å². The predicted molar refractivity (Wildman–Crippen MR) is 53.6 cm³/mol. The lowest BCUT2D eigenvalue weighted by molar-refractivity contribution is -0.161. The van der Waals surface area contributed by atoms with Gasteiger partial charge in [-0.2, -0.15) is 13.2 Å². The SMILES string of the molecule is O=C(O)C1(NCC(F)(F)F)CN2CCC1CC2. The van der Waals surface area contributed by atoms with Gasteiger partial charge in [0.15, 0.2) is 0 Å². The quantitative estimate of drug-likeness (QED) is 0.776. The molecular formula is C10H15F3N2O2. The van der Waals surface area contributed by atoms with Crippen molar-refractivity contribution < 1.29 is 23.1 Å². The van der Waals surface area contributed by atoms with Crippen LogP contribution in [0.1, 0.15) is 12.8 Å². The maximum Gasteiger partial charge on any atom is 0.401 e. The Labute approximate surface area is 96.8 Å². The van der Waals surface area contributed by atoms with Crippen LogP contribution in [-0.2, 0) is 4.79 Å². The number of halogens is 3. The first-order chi connectivity index (χ1) is 7.83. The van der Waals surface area contributed by atoms with Gasteiger partial charge in [-0.25, -0.2) is 0 Å². The molecule has 4 nitrogen and oxygen atoms in total. The number of fused-ring (bicyclic) bond motifs is 3. The Hall–Kier alpha value is -0.820. The van der Waals surface area contributed by atoms with Crippen LogP contribution < -0.4 is 5.32 Å². The number of hydrogen-bond acceptors (Lipinski definition) is 3. The van der Waals surface area contributed by atoms with Gasteiger partial charge in [-0.3, -0.25) is 10.1 Å². The van der Waals surface area contributed by atoms with Crippen LogP contribution in [0.15, 0.2) is 0 Å². The van der Waals surface area contributed by atoms with Crippen molar-refractivity contribution in [2.75, 3.05) is 26.2 Å². The summed E-state index contributed by atoms with van der Waals surface area (Å²) in [5.41, 5.74) is -1.42. The molecule has 0 radical (unpaired) electrons. The molecule has 7 heteroatoms. The van der Waals surface area contributed by atoms with Crippen molar-refractivity contribution in [2.45, 2.75) is 24.6 Å². The highest BCUT2D eigenvalue weighted by atomic mass is 19.4. The zero-order valence-electron chi connectivity index (χ0n) is 9.26. The van der Waals surface area contributed by atoms with E-state index in [-0.39, 0.29) is 12.5 Å². The molecule has 1 atom stereocenters. The van der Waals surface area contributed by atoms with E-state index in [4.69, 9.17) is 0 Å². The summed E-state index contributed by atoms with van der Waals surface area (Å²) in [6.07, 6.45) is -3.08. The van der Waals surface area contributed by atoms with Crippen LogP contribution >= 0.6 is 0 Å². The van der Waals surface area contributed by atoms with Crippen LogP contribution in [0.2, 0.25) is 0 Å². The Balaban J connectivity index is 2.13. The summed E-state index contributed by atoms with van der Waals surface area (Å²) >= 11 is 0. The predicted octanol–water partition coefficient (Wildman–Crippen LogP) is 0.687. The molecule has 3 fully saturated rings. The molecule has 3 aliphatic rings. The second kappa shape index (κ2) is 4.13. The summed E-state index contributed by atoms with van der Waals surface area (Å²) in [6.45, 7) is 0.494. The summed E-state index contributed by atoms with van der Waals surface area (Å²) in [6, 6.07) is 0. The van der Waals surface area contributed by atoms with Gasteiger partial charge in [-0.15, -0.1) is 0 Å². The smallest absolute Gasteiger partial charge is 0.401 e. The van der Waals surface area contributed by atoms with E-state index in [1.807, 2.05) is 4.90 Å². The fourth-order valence-corrected chi connectivity index (χ4v) is 2.84. The zero-order valence-corrected chi connectivity index (χ0v) is 9.26. The number of piperidine rings is 3. The molecule has 0 spiro atoms. The average Bonchev–Trinajstić information content (AvgIpc) is 2.27. The Morgan fingerprint density at radius 3 is 2.35 bits per heavy atom. The molecule has 0 saturated carbocycles. The van der Waals surface area contributed by atoms with Crippen molar-refractivity contribution in [1.29, 1.82) is 0 Å². The molecule has 0 aromatic rings. The number of hydrogen-bond donors (Lipinski definition) is 2. The van der Waals surface area contributed by atoms with E-state index in [1.165, 1.54) is 0 Å². The normalized spacial score (nSPS) is 37.1. The highest BCUT2D eigenvalue weighted by Gasteiger charge is 2.53. The number of nitrogens with zero attached hydrogens (tertiary/aromatic N) is 1. The highest BCUT2D eigenvalue weighted by molar-refractivity contribution is 5.80. The molecule has 98 valence electrons. The number of rotatable bonds is 3. The molecule has 2 bridgehead atoms. The lowest BCUT2D eigenvalue weighted by Gasteiger charge is -2.51. The van der Waals surface area contributed by atoms with E-state index >= 15 is 0 Å². The first-order valence-corrected chi connectivity index (χ1v) is 5.61. The molecule has 3 saturated heterocycles. The van der Waals surface area contributed by atoms with E-state index in [1.54, 1.807) is 0 Å². The van der Waals surface area contributed by atoms with Gasteiger partial charge in [0.05, 0.1) is 6.54 Å². The van der Waals surface area contributed by atoms with Gasteiger partial charge in [0.2, 0.25) is 0 Å². The lowest BCUT2D eigenvalue weighted by Crippen LogP contribution is -2.70. The molecule has 1 unspecified atom stereocenters. The molecule has 3 rings (SSSR count). The lowest BCUT2D eigenvalue weighted by atomic mass is 9.72. The van der Waals surface area contributed by atoms with E-state index in [2.05, 4.69) is 5.32 Å².